The summed E-state index contributed by atoms with van der Waals surface area (Å²) in [6.07, 6.45) is 1.71. The second-order valence-electron chi connectivity index (χ2n) is 10.7. The van der Waals surface area contributed by atoms with Crippen molar-refractivity contribution in [2.75, 3.05) is 33.2 Å². The molecule has 0 unspecified atom stereocenters. The van der Waals surface area contributed by atoms with Crippen LogP contribution in [0.25, 0.3) is 0 Å². The van der Waals surface area contributed by atoms with E-state index in [2.05, 4.69) is 6.07 Å². The van der Waals surface area contributed by atoms with E-state index in [-0.39, 0.29) is 35.4 Å². The van der Waals surface area contributed by atoms with E-state index in [0.29, 0.717) is 56.9 Å². The van der Waals surface area contributed by atoms with Gasteiger partial charge in [-0.15, -0.1) is 0 Å². The van der Waals surface area contributed by atoms with Crippen molar-refractivity contribution in [3.05, 3.63) is 64.9 Å². The fraction of sp³-hybridized carbons (Fsp3) is 0.448. The van der Waals surface area contributed by atoms with Gasteiger partial charge in [-0.25, -0.2) is 9.18 Å². The van der Waals surface area contributed by atoms with E-state index in [9.17, 15) is 24.0 Å². The van der Waals surface area contributed by atoms with Crippen LogP contribution in [0.5, 0.6) is 5.75 Å². The highest BCUT2D eigenvalue weighted by molar-refractivity contribution is 6.30. The highest BCUT2D eigenvalue weighted by atomic mass is 35.5. The molecule has 0 N–H and O–H groups in total. The van der Waals surface area contributed by atoms with Crippen LogP contribution in [0.4, 0.5) is 9.18 Å². The SMILES string of the molecule is CN(C(=O)Oc1ccc(F)cc1)[C@@H]1CN(C(=O)C2CCN(C(=O)C3(C#N)CC3)CC2)C[C@H]1c1ccc(Cl)cc1. The Labute approximate surface area is 231 Å². The number of carbonyl (C=O) groups excluding carboxylic acids is 3. The van der Waals surface area contributed by atoms with E-state index < -0.39 is 17.3 Å². The minimum Gasteiger partial charge on any atom is -0.410 e. The number of nitriles is 1. The summed E-state index contributed by atoms with van der Waals surface area (Å²) in [5.74, 6) is -0.695. The zero-order chi connectivity index (χ0) is 27.7. The Kier molecular flexibility index (Phi) is 7.50. The third-order valence-electron chi connectivity index (χ3n) is 8.21. The molecule has 204 valence electrons. The van der Waals surface area contributed by atoms with Crippen molar-refractivity contribution >= 4 is 29.5 Å². The Bertz CT molecular complexity index is 1280. The molecule has 3 aliphatic rings. The number of rotatable bonds is 5. The minimum absolute atomic E-state index is 0.00489. The van der Waals surface area contributed by atoms with E-state index in [1.54, 1.807) is 29.0 Å². The van der Waals surface area contributed by atoms with E-state index in [1.165, 1.54) is 29.2 Å². The van der Waals surface area contributed by atoms with Gasteiger partial charge in [-0.2, -0.15) is 5.26 Å². The molecular weight excluding hydrogens is 523 g/mol. The lowest BCUT2D eigenvalue weighted by Gasteiger charge is -2.34. The Morgan fingerprint density at radius 3 is 2.26 bits per heavy atom. The summed E-state index contributed by atoms with van der Waals surface area (Å²) >= 11 is 6.10. The molecule has 0 bridgehead atoms. The average Bonchev–Trinajstić information content (AvgIpc) is 3.64. The quantitative estimate of drug-likeness (QED) is 0.546. The first-order valence-electron chi connectivity index (χ1n) is 13.2. The highest BCUT2D eigenvalue weighted by Gasteiger charge is 2.53. The van der Waals surface area contributed by atoms with Crippen LogP contribution in [0.1, 0.15) is 37.2 Å². The zero-order valence-corrected chi connectivity index (χ0v) is 22.4. The molecule has 2 aliphatic heterocycles. The van der Waals surface area contributed by atoms with Crippen LogP contribution >= 0.6 is 11.6 Å². The van der Waals surface area contributed by atoms with Gasteiger partial charge in [-0.3, -0.25) is 9.59 Å². The molecule has 1 saturated carbocycles. The van der Waals surface area contributed by atoms with Crippen molar-refractivity contribution in [2.45, 2.75) is 37.6 Å². The van der Waals surface area contributed by atoms with Crippen LogP contribution in [-0.2, 0) is 9.59 Å². The van der Waals surface area contributed by atoms with E-state index in [1.807, 2.05) is 12.1 Å². The number of likely N-dealkylation sites (tertiary alicyclic amines) is 2. The fourth-order valence-electron chi connectivity index (χ4n) is 5.60. The molecule has 2 aromatic carbocycles. The Balaban J connectivity index is 1.27. The maximum Gasteiger partial charge on any atom is 0.415 e. The molecule has 8 nitrogen and oxygen atoms in total. The van der Waals surface area contributed by atoms with Crippen molar-refractivity contribution in [2.24, 2.45) is 11.3 Å². The summed E-state index contributed by atoms with van der Waals surface area (Å²) in [7, 11) is 1.64. The summed E-state index contributed by atoms with van der Waals surface area (Å²) in [5, 5.41) is 9.95. The largest absolute Gasteiger partial charge is 0.415 e. The molecule has 0 aromatic heterocycles. The number of carbonyl (C=O) groups is 3. The normalized spacial score (nSPS) is 22.2. The van der Waals surface area contributed by atoms with E-state index in [4.69, 9.17) is 16.3 Å². The van der Waals surface area contributed by atoms with Gasteiger partial charge in [0.05, 0.1) is 12.1 Å². The predicted molar refractivity (Wildman–Crippen MR) is 141 cm³/mol. The average molecular weight is 553 g/mol. The van der Waals surface area contributed by atoms with Gasteiger partial charge in [0.1, 0.15) is 17.0 Å². The smallest absolute Gasteiger partial charge is 0.410 e. The van der Waals surface area contributed by atoms with Gasteiger partial charge in [0.15, 0.2) is 0 Å². The van der Waals surface area contributed by atoms with E-state index >= 15 is 0 Å². The summed E-state index contributed by atoms with van der Waals surface area (Å²) in [5.41, 5.74) is 0.102. The van der Waals surface area contributed by atoms with Crippen LogP contribution in [-0.4, -0.2) is 71.9 Å². The molecule has 3 amide bonds. The number of nitrogens with zero attached hydrogens (tertiary/aromatic N) is 4. The molecule has 10 heteroatoms. The standard InChI is InChI=1S/C29H30ClFN4O4/c1-33(28(38)39-23-8-6-22(31)7-9-23)25-17-35(16-24(25)19-2-4-21(30)5-3-19)26(36)20-10-14-34(15-11-20)27(37)29(18-32)12-13-29/h2-9,20,24-25H,10-17H2,1H3/t24-,25+/m0/s1. The first-order valence-corrected chi connectivity index (χ1v) is 13.5. The Morgan fingerprint density at radius 1 is 1.03 bits per heavy atom. The first-order chi connectivity index (χ1) is 18.7. The topological polar surface area (TPSA) is 93.9 Å². The van der Waals surface area contributed by atoms with Crippen molar-refractivity contribution in [3.63, 3.8) is 0 Å². The molecule has 1 aliphatic carbocycles. The summed E-state index contributed by atoms with van der Waals surface area (Å²) in [4.78, 5) is 44.4. The molecule has 39 heavy (non-hydrogen) atoms. The van der Waals surface area contributed by atoms with Gasteiger partial charge in [0.25, 0.3) is 0 Å². The van der Waals surface area contributed by atoms with Gasteiger partial charge < -0.3 is 19.4 Å². The van der Waals surface area contributed by atoms with Crippen LogP contribution < -0.4 is 4.74 Å². The number of halogens is 2. The van der Waals surface area contributed by atoms with Crippen molar-refractivity contribution in [1.82, 2.24) is 14.7 Å². The molecule has 3 fully saturated rings. The van der Waals surface area contributed by atoms with Gasteiger partial charge in [0.2, 0.25) is 11.8 Å². The maximum absolute atomic E-state index is 13.6. The second kappa shape index (κ2) is 10.9. The van der Waals surface area contributed by atoms with Crippen molar-refractivity contribution in [1.29, 1.82) is 5.26 Å². The number of piperidine rings is 1. The lowest BCUT2D eigenvalue weighted by molar-refractivity contribution is -0.141. The molecule has 2 saturated heterocycles. The maximum atomic E-state index is 13.6. The third-order valence-corrected chi connectivity index (χ3v) is 8.46. The summed E-state index contributed by atoms with van der Waals surface area (Å²) < 4.78 is 18.7. The number of amides is 3. The predicted octanol–water partition coefficient (Wildman–Crippen LogP) is 4.45. The van der Waals surface area contributed by atoms with Gasteiger partial charge in [-0.1, -0.05) is 23.7 Å². The van der Waals surface area contributed by atoms with Gasteiger partial charge in [-0.05, 0) is 67.6 Å². The molecule has 2 heterocycles. The number of benzene rings is 2. The lowest BCUT2D eigenvalue weighted by atomic mass is 9.93. The second-order valence-corrected chi connectivity index (χ2v) is 11.1. The number of hydrogen-bond acceptors (Lipinski definition) is 5. The fourth-order valence-corrected chi connectivity index (χ4v) is 5.72. The minimum atomic E-state index is -0.849. The lowest BCUT2D eigenvalue weighted by Crippen LogP contribution is -2.47. The van der Waals surface area contributed by atoms with Gasteiger partial charge >= 0.3 is 6.09 Å². The monoisotopic (exact) mass is 552 g/mol. The molecule has 0 spiro atoms. The van der Waals surface area contributed by atoms with Crippen LogP contribution in [0.3, 0.4) is 0 Å². The third kappa shape index (κ3) is 5.57. The molecule has 0 radical (unpaired) electrons. The summed E-state index contributed by atoms with van der Waals surface area (Å²) in [6.45, 7) is 1.68. The molecule has 5 rings (SSSR count). The summed E-state index contributed by atoms with van der Waals surface area (Å²) in [6, 6.07) is 14.4. The first kappa shape index (κ1) is 26.9. The Morgan fingerprint density at radius 2 is 1.67 bits per heavy atom. The number of likely N-dealkylation sites (N-methyl/N-ethyl adjacent to an activating group) is 1. The zero-order valence-electron chi connectivity index (χ0n) is 21.7. The number of hydrogen-bond donors (Lipinski definition) is 0. The highest BCUT2D eigenvalue weighted by Crippen LogP contribution is 2.47. The van der Waals surface area contributed by atoms with Crippen molar-refractivity contribution in [3.8, 4) is 11.8 Å². The van der Waals surface area contributed by atoms with Crippen molar-refractivity contribution < 1.29 is 23.5 Å². The van der Waals surface area contributed by atoms with Crippen LogP contribution in [0.2, 0.25) is 5.02 Å². The Hall–Kier alpha value is -3.64. The van der Waals surface area contributed by atoms with E-state index in [0.717, 1.165) is 5.56 Å². The molecule has 2 atom stereocenters. The molecular formula is C29H30ClFN4O4. The van der Waals surface area contributed by atoms with Crippen LogP contribution in [0, 0.1) is 28.5 Å². The number of ether oxygens (including phenoxy) is 1. The molecule has 2 aromatic rings. The van der Waals surface area contributed by atoms with Crippen LogP contribution in [0.15, 0.2) is 48.5 Å². The van der Waals surface area contributed by atoms with Gasteiger partial charge in [0, 0.05) is 50.1 Å².